The second-order valence-corrected chi connectivity index (χ2v) is 21.1. The van der Waals surface area contributed by atoms with E-state index >= 15 is 0 Å². The van der Waals surface area contributed by atoms with Gasteiger partial charge in [0.15, 0.2) is 22.7 Å². The lowest BCUT2D eigenvalue weighted by Crippen LogP contribution is -2.46. The third-order valence-corrected chi connectivity index (χ3v) is 13.9. The van der Waals surface area contributed by atoms with Gasteiger partial charge in [-0.15, -0.1) is 11.8 Å². The number of nitrogens with zero attached hydrogens (tertiary/aromatic N) is 4. The fourth-order valence-electron chi connectivity index (χ4n) is 6.04. The number of fused-ring (bicyclic) bond motifs is 1. The maximum Gasteiger partial charge on any atom is 0.481 e. The van der Waals surface area contributed by atoms with E-state index in [0.717, 1.165) is 17.2 Å². The Labute approximate surface area is 382 Å². The second-order valence-electron chi connectivity index (χ2n) is 15.4. The van der Waals surface area contributed by atoms with Crippen LogP contribution in [0.25, 0.3) is 11.2 Å². The van der Waals surface area contributed by atoms with E-state index in [1.165, 1.54) is 46.7 Å². The number of phosphoric acid groups is 3. The zero-order valence-electron chi connectivity index (χ0n) is 36.8. The molecule has 5 unspecified atom stereocenters. The average molecular weight is 1020 g/mol. The summed E-state index contributed by atoms with van der Waals surface area (Å²) < 4.78 is 68.0. The molecule has 13 N–H and O–H groups in total. The third kappa shape index (κ3) is 18.0. The van der Waals surface area contributed by atoms with E-state index < -0.39 is 95.7 Å². The van der Waals surface area contributed by atoms with Crippen LogP contribution < -0.4 is 32.3 Å². The largest absolute Gasteiger partial charge is 0.481 e. The van der Waals surface area contributed by atoms with Crippen molar-refractivity contribution in [1.29, 1.82) is 0 Å². The summed E-state index contributed by atoms with van der Waals surface area (Å²) in [6.45, 7) is 4.19. The summed E-state index contributed by atoms with van der Waals surface area (Å²) in [4.78, 5) is 99.7. The van der Waals surface area contributed by atoms with Gasteiger partial charge in [-0.2, -0.15) is 4.31 Å². The number of anilines is 1. The van der Waals surface area contributed by atoms with E-state index in [9.17, 15) is 62.7 Å². The number of unbranched alkanes of at least 4 members (excludes halogenated alkanes) is 1. The Balaban J connectivity index is 1.41. The lowest BCUT2D eigenvalue weighted by atomic mass is 9.87. The van der Waals surface area contributed by atoms with Gasteiger partial charge in [0.2, 0.25) is 23.6 Å². The summed E-state index contributed by atoms with van der Waals surface area (Å²) in [7, 11) is -13.4. The number of hydrogen-bond donors (Lipinski definition) is 12. The summed E-state index contributed by atoms with van der Waals surface area (Å²) in [6, 6.07) is -0.628. The van der Waals surface area contributed by atoms with Crippen LogP contribution in [0, 0.1) is 5.41 Å². The van der Waals surface area contributed by atoms with Crippen molar-refractivity contribution in [2.24, 2.45) is 5.41 Å². The molecular formula is C33H59N10O19P3S. The number of carbonyl (C=O) groups excluding carboxylic acids is 4. The van der Waals surface area contributed by atoms with E-state index in [4.69, 9.17) is 24.3 Å². The first kappa shape index (κ1) is 57.1. The molecule has 4 amide bonds. The van der Waals surface area contributed by atoms with Gasteiger partial charge < -0.3 is 66.3 Å². The Kier molecular flexibility index (Phi) is 21.5. The van der Waals surface area contributed by atoms with Gasteiger partial charge in [0.05, 0.1) is 19.5 Å². The molecule has 1 aliphatic rings. The van der Waals surface area contributed by atoms with Crippen LogP contribution in [0.3, 0.4) is 0 Å². The first-order chi connectivity index (χ1) is 30.6. The highest BCUT2D eigenvalue weighted by Crippen LogP contribution is 2.61. The van der Waals surface area contributed by atoms with Crippen LogP contribution in [0.4, 0.5) is 5.82 Å². The van der Waals surface area contributed by atoms with E-state index in [2.05, 4.69) is 50.4 Å². The molecular weight excluding hydrogens is 965 g/mol. The van der Waals surface area contributed by atoms with E-state index in [1.807, 2.05) is 6.92 Å². The van der Waals surface area contributed by atoms with Crippen LogP contribution in [-0.2, 0) is 60.2 Å². The molecule has 0 spiro atoms. The van der Waals surface area contributed by atoms with Crippen LogP contribution >= 0.6 is 35.2 Å². The number of aliphatic hydroxyl groups excluding tert-OH is 2. The molecule has 2 aromatic heterocycles. The number of nitrogen functional groups attached to an aromatic ring is 1. The normalized spacial score (nSPS) is 21.5. The zero-order chi connectivity index (χ0) is 49.7. The molecule has 1 saturated heterocycles. The number of phosphoric ester groups is 3. The van der Waals surface area contributed by atoms with Crippen molar-refractivity contribution in [1.82, 2.24) is 46.1 Å². The van der Waals surface area contributed by atoms with E-state index in [-0.39, 0.29) is 48.3 Å². The fourth-order valence-corrected chi connectivity index (χ4v) is 9.78. The van der Waals surface area contributed by atoms with Gasteiger partial charge in [-0.1, -0.05) is 13.8 Å². The highest BCUT2D eigenvalue weighted by atomic mass is 32.2. The molecule has 3 heterocycles. The summed E-state index contributed by atoms with van der Waals surface area (Å²) >= 11 is 1.38. The van der Waals surface area contributed by atoms with Crippen LogP contribution in [0.1, 0.15) is 59.6 Å². The molecule has 9 atom stereocenters. The molecule has 376 valence electrons. The maximum absolute atomic E-state index is 12.8. The number of likely N-dealkylation sites (N-methyl/N-ethyl adjacent to an activating group) is 1. The number of hydrogen-bond acceptors (Lipinski definition) is 21. The molecule has 2 aromatic rings. The molecule has 0 aliphatic carbocycles. The van der Waals surface area contributed by atoms with E-state index in [1.54, 1.807) is 0 Å². The van der Waals surface area contributed by atoms with Gasteiger partial charge in [0.1, 0.15) is 42.3 Å². The Hall–Kier alpha value is -3.25. The van der Waals surface area contributed by atoms with Crippen molar-refractivity contribution in [3.05, 3.63) is 12.7 Å². The summed E-state index contributed by atoms with van der Waals surface area (Å²) in [6.07, 6.45) is -5.20. The third-order valence-electron chi connectivity index (χ3n) is 9.57. The van der Waals surface area contributed by atoms with Crippen molar-refractivity contribution >= 4 is 75.8 Å². The molecule has 0 saturated carbocycles. The predicted molar refractivity (Wildman–Crippen MR) is 231 cm³/mol. The minimum Gasteiger partial charge on any atom is -0.386 e. The number of amides is 4. The number of aromatic nitrogens is 4. The van der Waals surface area contributed by atoms with Gasteiger partial charge in [-0.25, -0.2) is 28.6 Å². The molecule has 29 nitrogen and oxygen atoms in total. The van der Waals surface area contributed by atoms with E-state index in [0.29, 0.717) is 31.6 Å². The number of rotatable bonds is 29. The quantitative estimate of drug-likeness (QED) is 0.0250. The predicted octanol–water partition coefficient (Wildman–Crippen LogP) is -1.53. The van der Waals surface area contributed by atoms with Crippen LogP contribution in [0.5, 0.6) is 0 Å². The van der Waals surface area contributed by atoms with Gasteiger partial charge in [-0.3, -0.25) is 42.6 Å². The smallest absolute Gasteiger partial charge is 0.386 e. The van der Waals surface area contributed by atoms with Crippen molar-refractivity contribution < 1.29 is 90.0 Å². The molecule has 1 fully saturated rings. The summed E-state index contributed by atoms with van der Waals surface area (Å²) in [5, 5.41) is 34.3. The monoisotopic (exact) mass is 1020 g/mol. The lowest BCUT2D eigenvalue weighted by Gasteiger charge is -2.30. The highest BCUT2D eigenvalue weighted by Gasteiger charge is 2.50. The maximum atomic E-state index is 12.8. The number of thioether (sulfide) groups is 1. The first-order valence-electron chi connectivity index (χ1n) is 19.9. The summed E-state index contributed by atoms with van der Waals surface area (Å²) in [5.41, 5.74) is 4.24. The number of nitrogens with one attached hydrogen (secondary N) is 5. The van der Waals surface area contributed by atoms with Gasteiger partial charge >= 0.3 is 23.5 Å². The minimum absolute atomic E-state index is 0.0243. The SMILES string of the molecule is CNC(=O)[C@H](CCCCNC(C)(OC)SCCNC(=O)CCNC(=O)[C@@H](O)C(C)(C)COP(=O)(O)OP(=O)(O)OC[C@@H]1O[C@H](n2cnc3c(N)ncnc32)C(O)C1OP(=O)(O)O)NC(C)=O. The highest BCUT2D eigenvalue weighted by molar-refractivity contribution is 8.00. The lowest BCUT2D eigenvalue weighted by molar-refractivity contribution is -0.137. The van der Waals surface area contributed by atoms with Crippen molar-refractivity contribution in [3.8, 4) is 0 Å². The van der Waals surface area contributed by atoms with Crippen LogP contribution in [0.2, 0.25) is 0 Å². The molecule has 3 rings (SSSR count). The first-order valence-corrected chi connectivity index (χ1v) is 25.5. The number of ether oxygens (including phenoxy) is 2. The van der Waals surface area contributed by atoms with Crippen molar-refractivity contribution in [2.75, 3.05) is 58.5 Å². The van der Waals surface area contributed by atoms with Gasteiger partial charge in [-0.05, 0) is 32.7 Å². The number of carbonyl (C=O) groups is 4. The Morgan fingerprint density at radius 1 is 0.985 bits per heavy atom. The minimum atomic E-state index is -5.59. The topological polar surface area (TPSA) is 426 Å². The number of aliphatic hydroxyl groups is 2. The Morgan fingerprint density at radius 3 is 2.30 bits per heavy atom. The molecule has 0 aromatic carbocycles. The zero-order valence-corrected chi connectivity index (χ0v) is 40.3. The second kappa shape index (κ2) is 24.9. The molecule has 1 aliphatic heterocycles. The summed E-state index contributed by atoms with van der Waals surface area (Å²) in [5.74, 6) is -1.60. The number of imidazole rings is 1. The molecule has 0 bridgehead atoms. The fraction of sp³-hybridized carbons (Fsp3) is 0.727. The van der Waals surface area contributed by atoms with Gasteiger partial charge in [0.25, 0.3) is 0 Å². The average Bonchev–Trinajstić information content (AvgIpc) is 3.79. The Morgan fingerprint density at radius 2 is 1.67 bits per heavy atom. The standard InChI is InChI=1S/C33H59N10O19P3S/c1-19(44)42-20(29(48)35-5)9-7-8-11-41-33(4,57-6)66-14-13-36-22(45)10-12-37-30(49)26(47)32(2,3)16-59-65(55,56)62-64(53,54)58-15-21-25(61-63(50,51)52)24(46)31(60-21)43-18-40-23-27(34)38-17-39-28(23)43/h17-18,20-21,24-26,31,41,46-47H,7-16H2,1-6H3,(H,35,48)(H,36,45)(H,37,49)(H,42,44)(H,53,54)(H,55,56)(H2,34,38,39)(H2,50,51,52)/t20-,21-,24?,25?,26+,31-,33?/m0/s1. The molecule has 33 heteroatoms. The van der Waals surface area contributed by atoms with Crippen LogP contribution in [0.15, 0.2) is 12.7 Å². The number of methoxy groups -OCH3 is 1. The molecule has 0 radical (unpaired) electrons. The molecule has 66 heavy (non-hydrogen) atoms. The van der Waals surface area contributed by atoms with Crippen molar-refractivity contribution in [3.63, 3.8) is 0 Å². The van der Waals surface area contributed by atoms with Crippen LogP contribution in [-0.4, -0.2) is 161 Å². The van der Waals surface area contributed by atoms with Gasteiger partial charge in [0, 0.05) is 51.8 Å². The Bertz CT molecular complexity index is 2120. The number of nitrogens with two attached hydrogens (primary N) is 1. The van der Waals surface area contributed by atoms with Crippen molar-refractivity contribution in [2.45, 2.75) is 95.1 Å².